The summed E-state index contributed by atoms with van der Waals surface area (Å²) in [5, 5.41) is 9.87. The monoisotopic (exact) mass is 210 g/mol. The van der Waals surface area contributed by atoms with Crippen molar-refractivity contribution in [2.75, 3.05) is 19.6 Å². The van der Waals surface area contributed by atoms with E-state index < -0.39 is 5.60 Å². The second-order valence-electron chi connectivity index (χ2n) is 4.04. The third-order valence-corrected chi connectivity index (χ3v) is 2.53. The van der Waals surface area contributed by atoms with Crippen LogP contribution in [0.2, 0.25) is 0 Å². The Morgan fingerprint density at radius 3 is 2.47 bits per heavy atom. The average Bonchev–Trinajstić information content (AvgIpc) is 2.22. The molecule has 0 heterocycles. The number of aliphatic hydroxyl groups is 1. The fourth-order valence-corrected chi connectivity index (χ4v) is 1.31. The molecule has 0 radical (unpaired) electrons. The van der Waals surface area contributed by atoms with Crippen LogP contribution in [0, 0.1) is 11.8 Å². The first kappa shape index (κ1) is 14.2. The van der Waals surface area contributed by atoms with Gasteiger partial charge >= 0.3 is 0 Å². The Kier molecular flexibility index (Phi) is 7.11. The summed E-state index contributed by atoms with van der Waals surface area (Å²) in [6.45, 7) is 12.7. The Hall–Kier alpha value is -0.780. The molecule has 2 nitrogen and oxygen atoms in total. The lowest BCUT2D eigenvalue weighted by Crippen LogP contribution is -3.11. The molecule has 86 valence electrons. The molecule has 0 aromatic carbocycles. The molecule has 0 aromatic rings. The molecule has 0 amide bonds. The molecular formula is C13H24NO+. The van der Waals surface area contributed by atoms with Crippen LogP contribution in [-0.4, -0.2) is 30.3 Å². The normalized spacial score (nSPS) is 14.2. The van der Waals surface area contributed by atoms with Crippen molar-refractivity contribution in [2.45, 2.75) is 39.2 Å². The summed E-state index contributed by atoms with van der Waals surface area (Å²) in [7, 11) is 0. The largest absolute Gasteiger partial charge is 0.378 e. The fourth-order valence-electron chi connectivity index (χ4n) is 1.31. The minimum Gasteiger partial charge on any atom is -0.378 e. The van der Waals surface area contributed by atoms with E-state index in [0.717, 1.165) is 26.1 Å². The quantitative estimate of drug-likeness (QED) is 0.488. The molecule has 1 atom stereocenters. The number of quaternary nitrogens is 1. The zero-order valence-corrected chi connectivity index (χ0v) is 10.3. The molecule has 0 spiro atoms. The molecule has 0 fully saturated rings. The van der Waals surface area contributed by atoms with Crippen LogP contribution >= 0.6 is 0 Å². The van der Waals surface area contributed by atoms with Crippen molar-refractivity contribution in [1.82, 2.24) is 0 Å². The lowest BCUT2D eigenvalue weighted by Gasteiger charge is -2.15. The Labute approximate surface area is 94.0 Å². The molecule has 0 saturated heterocycles. The lowest BCUT2D eigenvalue weighted by atomic mass is 10.0. The summed E-state index contributed by atoms with van der Waals surface area (Å²) < 4.78 is 0. The molecule has 0 aromatic heterocycles. The third kappa shape index (κ3) is 7.18. The average molecular weight is 210 g/mol. The lowest BCUT2D eigenvalue weighted by molar-refractivity contribution is -0.889. The molecule has 0 rings (SSSR count). The van der Waals surface area contributed by atoms with Gasteiger partial charge in [0.1, 0.15) is 12.1 Å². The predicted molar refractivity (Wildman–Crippen MR) is 64.7 cm³/mol. The van der Waals surface area contributed by atoms with E-state index >= 15 is 0 Å². The number of hydrogen-bond acceptors (Lipinski definition) is 1. The van der Waals surface area contributed by atoms with Crippen molar-refractivity contribution < 1.29 is 10.0 Å². The first-order chi connectivity index (χ1) is 7.05. The molecule has 0 aliphatic carbocycles. The standard InChI is InChI=1S/C13H23NO/c1-5-8-10-13(4,15)11-9-12-14(6-2)7-3/h5,15H,1,6-8,10,12H2,2-4H3/p+1/t13-/m0/s1. The van der Waals surface area contributed by atoms with Crippen molar-refractivity contribution in [3.05, 3.63) is 12.7 Å². The Balaban J connectivity index is 4.07. The van der Waals surface area contributed by atoms with E-state index in [9.17, 15) is 5.11 Å². The number of rotatable bonds is 6. The molecule has 2 heteroatoms. The predicted octanol–water partition coefficient (Wildman–Crippen LogP) is 0.632. The minimum atomic E-state index is -0.860. The van der Waals surface area contributed by atoms with Gasteiger partial charge in [-0.2, -0.15) is 0 Å². The van der Waals surface area contributed by atoms with Gasteiger partial charge in [-0.3, -0.25) is 0 Å². The Bertz CT molecular complexity index is 231. The van der Waals surface area contributed by atoms with E-state index in [1.165, 1.54) is 4.90 Å². The van der Waals surface area contributed by atoms with E-state index in [0.29, 0.717) is 6.42 Å². The summed E-state index contributed by atoms with van der Waals surface area (Å²) in [5.74, 6) is 6.00. The highest BCUT2D eigenvalue weighted by atomic mass is 16.3. The number of allylic oxidation sites excluding steroid dienone is 1. The van der Waals surface area contributed by atoms with Crippen LogP contribution in [0.3, 0.4) is 0 Å². The highest BCUT2D eigenvalue weighted by Gasteiger charge is 2.14. The van der Waals surface area contributed by atoms with Crippen LogP contribution in [0.4, 0.5) is 0 Å². The maximum atomic E-state index is 9.87. The first-order valence-corrected chi connectivity index (χ1v) is 5.72. The third-order valence-electron chi connectivity index (χ3n) is 2.53. The highest BCUT2D eigenvalue weighted by molar-refractivity contribution is 5.12. The van der Waals surface area contributed by atoms with Gasteiger partial charge in [0.2, 0.25) is 0 Å². The SMILES string of the molecule is C=CCC[C@](C)(O)C#CC[NH+](CC)CC. The van der Waals surface area contributed by atoms with Gasteiger partial charge in [0.15, 0.2) is 0 Å². The van der Waals surface area contributed by atoms with Crippen molar-refractivity contribution in [3.8, 4) is 11.8 Å². The Morgan fingerprint density at radius 1 is 1.40 bits per heavy atom. The van der Waals surface area contributed by atoms with Crippen LogP contribution in [0.5, 0.6) is 0 Å². The van der Waals surface area contributed by atoms with Crippen LogP contribution in [0.15, 0.2) is 12.7 Å². The fraction of sp³-hybridized carbons (Fsp3) is 0.692. The van der Waals surface area contributed by atoms with Crippen molar-refractivity contribution >= 4 is 0 Å². The van der Waals surface area contributed by atoms with Gasteiger partial charge in [0, 0.05) is 0 Å². The van der Waals surface area contributed by atoms with Gasteiger partial charge in [-0.1, -0.05) is 12.0 Å². The molecule has 0 unspecified atom stereocenters. The maximum Gasteiger partial charge on any atom is 0.139 e. The molecule has 0 bridgehead atoms. The van der Waals surface area contributed by atoms with E-state index in [-0.39, 0.29) is 0 Å². The molecular weight excluding hydrogens is 186 g/mol. The molecule has 0 aliphatic heterocycles. The van der Waals surface area contributed by atoms with Gasteiger partial charge in [0.25, 0.3) is 0 Å². The number of hydrogen-bond donors (Lipinski definition) is 2. The summed E-state index contributed by atoms with van der Waals surface area (Å²) in [6.07, 6.45) is 3.28. The van der Waals surface area contributed by atoms with Crippen LogP contribution in [0.25, 0.3) is 0 Å². The van der Waals surface area contributed by atoms with Gasteiger partial charge in [-0.15, -0.1) is 6.58 Å². The smallest absolute Gasteiger partial charge is 0.139 e. The molecule has 0 aliphatic rings. The van der Waals surface area contributed by atoms with Gasteiger partial charge in [-0.25, -0.2) is 0 Å². The Morgan fingerprint density at radius 2 is 2.00 bits per heavy atom. The first-order valence-electron chi connectivity index (χ1n) is 5.72. The second-order valence-corrected chi connectivity index (χ2v) is 4.04. The van der Waals surface area contributed by atoms with Crippen LogP contribution in [-0.2, 0) is 0 Å². The van der Waals surface area contributed by atoms with E-state index in [1.54, 1.807) is 6.92 Å². The number of nitrogens with one attached hydrogen (secondary N) is 1. The van der Waals surface area contributed by atoms with Crippen molar-refractivity contribution in [2.24, 2.45) is 0 Å². The van der Waals surface area contributed by atoms with E-state index in [4.69, 9.17) is 0 Å². The summed E-state index contributed by atoms with van der Waals surface area (Å²) in [4.78, 5) is 1.45. The van der Waals surface area contributed by atoms with Crippen LogP contribution in [0.1, 0.15) is 33.6 Å². The minimum absolute atomic E-state index is 0.664. The van der Waals surface area contributed by atoms with Crippen molar-refractivity contribution in [1.29, 1.82) is 0 Å². The molecule has 0 saturated carbocycles. The maximum absolute atomic E-state index is 9.87. The van der Waals surface area contributed by atoms with Gasteiger partial charge < -0.3 is 10.0 Å². The zero-order chi connectivity index (χ0) is 11.7. The van der Waals surface area contributed by atoms with Crippen LogP contribution < -0.4 is 4.90 Å². The molecule has 2 N–H and O–H groups in total. The zero-order valence-electron chi connectivity index (χ0n) is 10.3. The van der Waals surface area contributed by atoms with Crippen molar-refractivity contribution in [3.63, 3.8) is 0 Å². The molecule has 15 heavy (non-hydrogen) atoms. The van der Waals surface area contributed by atoms with E-state index in [2.05, 4.69) is 32.3 Å². The van der Waals surface area contributed by atoms with Gasteiger partial charge in [-0.05, 0) is 39.5 Å². The second kappa shape index (κ2) is 7.50. The highest BCUT2D eigenvalue weighted by Crippen LogP contribution is 2.10. The summed E-state index contributed by atoms with van der Waals surface area (Å²) >= 11 is 0. The van der Waals surface area contributed by atoms with Gasteiger partial charge in [0.05, 0.1) is 13.1 Å². The summed E-state index contributed by atoms with van der Waals surface area (Å²) in [5.41, 5.74) is -0.860. The topological polar surface area (TPSA) is 24.7 Å². The summed E-state index contributed by atoms with van der Waals surface area (Å²) in [6, 6.07) is 0. The van der Waals surface area contributed by atoms with E-state index in [1.807, 2.05) is 6.08 Å².